The molecule has 0 aromatic heterocycles. The molecular weight excluding hydrogens is 198 g/mol. The van der Waals surface area contributed by atoms with Crippen LogP contribution in [0.3, 0.4) is 0 Å². The summed E-state index contributed by atoms with van der Waals surface area (Å²) in [6.07, 6.45) is 4.04. The van der Waals surface area contributed by atoms with Gasteiger partial charge in [0.25, 0.3) is 0 Å². The summed E-state index contributed by atoms with van der Waals surface area (Å²) in [5.74, 6) is 1.06. The van der Waals surface area contributed by atoms with Gasteiger partial charge < -0.3 is 10.1 Å². The number of nitrogens with one attached hydrogen (secondary N) is 1. The Morgan fingerprint density at radius 2 is 2.44 bits per heavy atom. The van der Waals surface area contributed by atoms with Crippen molar-refractivity contribution in [3.8, 4) is 5.75 Å². The molecule has 16 heavy (non-hydrogen) atoms. The van der Waals surface area contributed by atoms with Gasteiger partial charge in [0, 0.05) is 19.0 Å². The van der Waals surface area contributed by atoms with E-state index in [1.54, 1.807) is 0 Å². The number of ether oxygens (including phenoxy) is 1. The van der Waals surface area contributed by atoms with Gasteiger partial charge in [0.1, 0.15) is 5.75 Å². The second-order valence-corrected chi connectivity index (χ2v) is 4.12. The summed E-state index contributed by atoms with van der Waals surface area (Å²) in [5.41, 5.74) is 2.70. The molecule has 2 nitrogen and oxygen atoms in total. The Labute approximate surface area is 97.3 Å². The van der Waals surface area contributed by atoms with Crippen LogP contribution in [0.15, 0.2) is 30.9 Å². The van der Waals surface area contributed by atoms with Crippen molar-refractivity contribution in [2.75, 3.05) is 13.2 Å². The zero-order valence-electron chi connectivity index (χ0n) is 9.83. The van der Waals surface area contributed by atoms with Crippen LogP contribution in [0.25, 0.3) is 0 Å². The highest BCUT2D eigenvalue weighted by Gasteiger charge is 2.15. The Kier molecular flexibility index (Phi) is 3.62. The van der Waals surface area contributed by atoms with Crippen LogP contribution < -0.4 is 10.1 Å². The maximum absolute atomic E-state index is 5.51. The molecule has 1 atom stereocenters. The van der Waals surface area contributed by atoms with Crippen LogP contribution in [0, 0.1) is 0 Å². The van der Waals surface area contributed by atoms with Gasteiger partial charge in [-0.15, -0.1) is 6.58 Å². The lowest BCUT2D eigenvalue weighted by Gasteiger charge is -2.17. The van der Waals surface area contributed by atoms with E-state index in [9.17, 15) is 0 Å². The molecule has 0 fully saturated rings. The van der Waals surface area contributed by atoms with Gasteiger partial charge >= 0.3 is 0 Å². The van der Waals surface area contributed by atoms with Gasteiger partial charge in [0.15, 0.2) is 0 Å². The van der Waals surface area contributed by atoms with Crippen LogP contribution >= 0.6 is 0 Å². The molecule has 0 aliphatic carbocycles. The molecule has 1 aromatic rings. The Morgan fingerprint density at radius 3 is 3.19 bits per heavy atom. The molecule has 0 amide bonds. The minimum Gasteiger partial charge on any atom is -0.493 e. The van der Waals surface area contributed by atoms with E-state index in [2.05, 4.69) is 37.0 Å². The standard InChI is InChI=1S/C14H19NO/c1-3-8-15-13(4-2)11-5-6-14-12(10-11)7-9-16-14/h3,5-6,10,13,15H,1,4,7-9H2,2H3. The van der Waals surface area contributed by atoms with Crippen molar-refractivity contribution in [2.24, 2.45) is 0 Å². The fraction of sp³-hybridized carbons (Fsp3) is 0.429. The second kappa shape index (κ2) is 5.17. The van der Waals surface area contributed by atoms with Gasteiger partial charge in [-0.2, -0.15) is 0 Å². The number of benzene rings is 1. The first-order valence-corrected chi connectivity index (χ1v) is 5.95. The summed E-state index contributed by atoms with van der Waals surface area (Å²) in [7, 11) is 0. The fourth-order valence-electron chi connectivity index (χ4n) is 2.15. The quantitative estimate of drug-likeness (QED) is 0.766. The van der Waals surface area contributed by atoms with E-state index in [-0.39, 0.29) is 0 Å². The average Bonchev–Trinajstić information content (AvgIpc) is 2.77. The monoisotopic (exact) mass is 217 g/mol. The lowest BCUT2D eigenvalue weighted by atomic mass is 10.0. The summed E-state index contributed by atoms with van der Waals surface area (Å²) in [6, 6.07) is 6.94. The zero-order chi connectivity index (χ0) is 11.4. The smallest absolute Gasteiger partial charge is 0.122 e. The molecule has 1 unspecified atom stereocenters. The van der Waals surface area contributed by atoms with E-state index in [1.165, 1.54) is 11.1 Å². The highest BCUT2D eigenvalue weighted by atomic mass is 16.5. The van der Waals surface area contributed by atoms with Crippen LogP contribution in [-0.4, -0.2) is 13.2 Å². The number of hydrogen-bond acceptors (Lipinski definition) is 2. The first-order chi connectivity index (χ1) is 7.85. The van der Waals surface area contributed by atoms with Crippen LogP contribution in [0.2, 0.25) is 0 Å². The normalized spacial score (nSPS) is 15.3. The largest absolute Gasteiger partial charge is 0.493 e. The average molecular weight is 217 g/mol. The summed E-state index contributed by atoms with van der Waals surface area (Å²) < 4.78 is 5.51. The van der Waals surface area contributed by atoms with E-state index in [0.717, 1.165) is 31.7 Å². The van der Waals surface area contributed by atoms with Crippen LogP contribution in [-0.2, 0) is 6.42 Å². The van der Waals surface area contributed by atoms with E-state index >= 15 is 0 Å². The molecular formula is C14H19NO. The van der Waals surface area contributed by atoms with Crippen molar-refractivity contribution in [1.29, 1.82) is 0 Å². The molecule has 1 aliphatic rings. The highest BCUT2D eigenvalue weighted by Crippen LogP contribution is 2.28. The third kappa shape index (κ3) is 2.27. The number of fused-ring (bicyclic) bond motifs is 1. The second-order valence-electron chi connectivity index (χ2n) is 4.12. The summed E-state index contributed by atoms with van der Waals surface area (Å²) in [4.78, 5) is 0. The molecule has 0 saturated heterocycles. The highest BCUT2D eigenvalue weighted by molar-refractivity contribution is 5.40. The topological polar surface area (TPSA) is 21.3 Å². The molecule has 1 heterocycles. The van der Waals surface area contributed by atoms with E-state index in [0.29, 0.717) is 6.04 Å². The van der Waals surface area contributed by atoms with Gasteiger partial charge in [-0.3, -0.25) is 0 Å². The fourth-order valence-corrected chi connectivity index (χ4v) is 2.15. The summed E-state index contributed by atoms with van der Waals surface area (Å²) >= 11 is 0. The van der Waals surface area contributed by atoms with Crippen molar-refractivity contribution in [3.05, 3.63) is 42.0 Å². The van der Waals surface area contributed by atoms with Crippen molar-refractivity contribution in [2.45, 2.75) is 25.8 Å². The van der Waals surface area contributed by atoms with Crippen LogP contribution in [0.4, 0.5) is 0 Å². The molecule has 0 radical (unpaired) electrons. The lowest BCUT2D eigenvalue weighted by molar-refractivity contribution is 0.356. The van der Waals surface area contributed by atoms with Gasteiger partial charge in [0.05, 0.1) is 6.61 Å². The van der Waals surface area contributed by atoms with Crippen molar-refractivity contribution >= 4 is 0 Å². The zero-order valence-corrected chi connectivity index (χ0v) is 9.83. The van der Waals surface area contributed by atoms with Crippen molar-refractivity contribution in [1.82, 2.24) is 5.32 Å². The molecule has 1 aromatic carbocycles. The molecule has 2 heteroatoms. The predicted octanol–water partition coefficient (Wildman–Crippen LogP) is 2.85. The van der Waals surface area contributed by atoms with Crippen LogP contribution in [0.5, 0.6) is 5.75 Å². The number of rotatable bonds is 5. The van der Waals surface area contributed by atoms with Gasteiger partial charge in [-0.05, 0) is 23.6 Å². The molecule has 2 rings (SSSR count). The van der Waals surface area contributed by atoms with E-state index in [1.807, 2.05) is 6.08 Å². The maximum atomic E-state index is 5.51. The third-order valence-corrected chi connectivity index (χ3v) is 3.03. The summed E-state index contributed by atoms with van der Waals surface area (Å²) in [6.45, 7) is 7.62. The Balaban J connectivity index is 2.15. The molecule has 0 saturated carbocycles. The summed E-state index contributed by atoms with van der Waals surface area (Å²) in [5, 5.41) is 3.47. The molecule has 1 N–H and O–H groups in total. The molecule has 86 valence electrons. The molecule has 1 aliphatic heterocycles. The third-order valence-electron chi connectivity index (χ3n) is 3.03. The van der Waals surface area contributed by atoms with E-state index < -0.39 is 0 Å². The molecule has 0 spiro atoms. The minimum atomic E-state index is 0.420. The van der Waals surface area contributed by atoms with Crippen molar-refractivity contribution < 1.29 is 4.74 Å². The SMILES string of the molecule is C=CCNC(CC)c1ccc2c(c1)CCO2. The Hall–Kier alpha value is -1.28. The van der Waals surface area contributed by atoms with E-state index in [4.69, 9.17) is 4.74 Å². The van der Waals surface area contributed by atoms with Crippen molar-refractivity contribution in [3.63, 3.8) is 0 Å². The number of hydrogen-bond donors (Lipinski definition) is 1. The van der Waals surface area contributed by atoms with Gasteiger partial charge in [-0.25, -0.2) is 0 Å². The molecule has 0 bridgehead atoms. The lowest BCUT2D eigenvalue weighted by Crippen LogP contribution is -2.20. The minimum absolute atomic E-state index is 0.420. The Morgan fingerprint density at radius 1 is 1.56 bits per heavy atom. The van der Waals surface area contributed by atoms with Gasteiger partial charge in [0.2, 0.25) is 0 Å². The predicted molar refractivity (Wildman–Crippen MR) is 66.9 cm³/mol. The van der Waals surface area contributed by atoms with Gasteiger partial charge in [-0.1, -0.05) is 25.1 Å². The van der Waals surface area contributed by atoms with Crippen LogP contribution in [0.1, 0.15) is 30.5 Å². The Bertz CT molecular complexity index is 373. The first-order valence-electron chi connectivity index (χ1n) is 5.95. The maximum Gasteiger partial charge on any atom is 0.122 e. The first kappa shape index (κ1) is 11.2.